The molecule has 1 saturated heterocycles. The number of imide groups is 1. The van der Waals surface area contributed by atoms with Gasteiger partial charge in [0.1, 0.15) is 36.8 Å². The fraction of sp³-hybridized carbons (Fsp3) is 0.318. The molecule has 1 fully saturated rings. The van der Waals surface area contributed by atoms with E-state index in [2.05, 4.69) is 10.6 Å². The molecule has 0 saturated carbocycles. The van der Waals surface area contributed by atoms with Crippen molar-refractivity contribution in [3.8, 4) is 23.0 Å². The molecule has 4 amide bonds. The second-order valence-electron chi connectivity index (χ2n) is 7.54. The van der Waals surface area contributed by atoms with Crippen molar-refractivity contribution in [1.82, 2.24) is 10.2 Å². The summed E-state index contributed by atoms with van der Waals surface area (Å²) in [5.74, 6) is 0.505. The van der Waals surface area contributed by atoms with Gasteiger partial charge in [0, 0.05) is 12.1 Å². The SMILES string of the molecule is COc1cc(NC(=O)CN2C(=O)N[C@@](C)(c3ccc4c(c3)OCCO4)C2=O)c(OC)cc1Cl. The smallest absolute Gasteiger partial charge is 0.325 e. The Kier molecular flexibility index (Phi) is 5.94. The van der Waals surface area contributed by atoms with Crippen LogP contribution >= 0.6 is 11.6 Å². The molecule has 0 aliphatic carbocycles. The van der Waals surface area contributed by atoms with Crippen LogP contribution in [0, 0.1) is 0 Å². The molecule has 11 heteroatoms. The Labute approximate surface area is 194 Å². The molecule has 0 radical (unpaired) electrons. The van der Waals surface area contributed by atoms with Crippen molar-refractivity contribution in [2.45, 2.75) is 12.5 Å². The van der Waals surface area contributed by atoms with E-state index in [-0.39, 0.29) is 5.69 Å². The number of rotatable bonds is 6. The van der Waals surface area contributed by atoms with Crippen molar-refractivity contribution in [1.29, 1.82) is 0 Å². The lowest BCUT2D eigenvalue weighted by Gasteiger charge is -2.25. The van der Waals surface area contributed by atoms with Crippen LogP contribution in [0.25, 0.3) is 0 Å². The molecule has 2 aromatic rings. The zero-order chi connectivity index (χ0) is 23.8. The van der Waals surface area contributed by atoms with E-state index in [1.54, 1.807) is 25.1 Å². The molecule has 4 rings (SSSR count). The van der Waals surface area contributed by atoms with Crippen LogP contribution in [0.5, 0.6) is 23.0 Å². The number of halogens is 1. The maximum absolute atomic E-state index is 13.2. The Hall–Kier alpha value is -3.66. The molecule has 2 aliphatic rings. The molecule has 2 aliphatic heterocycles. The third-order valence-corrected chi connectivity index (χ3v) is 5.74. The lowest BCUT2D eigenvalue weighted by Crippen LogP contribution is -2.42. The number of hydrogen-bond acceptors (Lipinski definition) is 7. The predicted octanol–water partition coefficient (Wildman–Crippen LogP) is 2.53. The zero-order valence-electron chi connectivity index (χ0n) is 18.2. The third kappa shape index (κ3) is 4.09. The summed E-state index contributed by atoms with van der Waals surface area (Å²) in [6, 6.07) is 7.31. The van der Waals surface area contributed by atoms with Crippen LogP contribution in [-0.4, -0.2) is 56.7 Å². The molecule has 10 nitrogen and oxygen atoms in total. The van der Waals surface area contributed by atoms with E-state index in [0.29, 0.717) is 46.8 Å². The summed E-state index contributed by atoms with van der Waals surface area (Å²) in [5, 5.41) is 5.60. The summed E-state index contributed by atoms with van der Waals surface area (Å²) >= 11 is 6.09. The number of anilines is 1. The first-order chi connectivity index (χ1) is 15.8. The molecule has 2 N–H and O–H groups in total. The van der Waals surface area contributed by atoms with Gasteiger partial charge in [-0.2, -0.15) is 0 Å². The van der Waals surface area contributed by atoms with Crippen molar-refractivity contribution in [2.24, 2.45) is 0 Å². The minimum atomic E-state index is -1.37. The molecule has 0 aromatic heterocycles. The largest absolute Gasteiger partial charge is 0.495 e. The number of fused-ring (bicyclic) bond motifs is 1. The topological polar surface area (TPSA) is 115 Å². The Morgan fingerprint density at radius 3 is 2.52 bits per heavy atom. The van der Waals surface area contributed by atoms with Crippen molar-refractivity contribution in [3.05, 3.63) is 40.9 Å². The number of carbonyl (C=O) groups excluding carboxylic acids is 3. The molecule has 174 valence electrons. The first-order valence-electron chi connectivity index (χ1n) is 10.0. The molecule has 0 unspecified atom stereocenters. The summed E-state index contributed by atoms with van der Waals surface area (Å²) in [6.07, 6.45) is 0. The molecule has 1 atom stereocenters. The monoisotopic (exact) mass is 475 g/mol. The first-order valence-corrected chi connectivity index (χ1v) is 10.4. The van der Waals surface area contributed by atoms with Gasteiger partial charge >= 0.3 is 6.03 Å². The van der Waals surface area contributed by atoms with Gasteiger partial charge in [0.2, 0.25) is 5.91 Å². The highest BCUT2D eigenvalue weighted by Gasteiger charge is 2.49. The van der Waals surface area contributed by atoms with E-state index in [1.165, 1.54) is 26.4 Å². The summed E-state index contributed by atoms with van der Waals surface area (Å²) in [6.45, 7) is 1.90. The first kappa shape index (κ1) is 22.5. The number of methoxy groups -OCH3 is 2. The Morgan fingerprint density at radius 1 is 1.12 bits per heavy atom. The Morgan fingerprint density at radius 2 is 1.82 bits per heavy atom. The predicted molar refractivity (Wildman–Crippen MR) is 118 cm³/mol. The summed E-state index contributed by atoms with van der Waals surface area (Å²) in [5.41, 5.74) is -0.573. The summed E-state index contributed by atoms with van der Waals surface area (Å²) in [7, 11) is 2.86. The molecule has 2 heterocycles. The molecular formula is C22H22ClN3O7. The zero-order valence-corrected chi connectivity index (χ0v) is 18.9. The molecule has 33 heavy (non-hydrogen) atoms. The van der Waals surface area contributed by atoms with Crippen LogP contribution < -0.4 is 29.6 Å². The van der Waals surface area contributed by atoms with E-state index in [0.717, 1.165) is 4.90 Å². The minimum absolute atomic E-state index is 0.283. The highest BCUT2D eigenvalue weighted by Crippen LogP contribution is 2.38. The lowest BCUT2D eigenvalue weighted by atomic mass is 9.91. The van der Waals surface area contributed by atoms with Crippen molar-refractivity contribution in [2.75, 3.05) is 39.3 Å². The summed E-state index contributed by atoms with van der Waals surface area (Å²) < 4.78 is 21.5. The fourth-order valence-corrected chi connectivity index (χ4v) is 3.91. The highest BCUT2D eigenvalue weighted by atomic mass is 35.5. The normalized spacial score (nSPS) is 19.2. The van der Waals surface area contributed by atoms with Crippen molar-refractivity contribution >= 4 is 35.1 Å². The van der Waals surface area contributed by atoms with E-state index >= 15 is 0 Å². The fourth-order valence-electron chi connectivity index (χ4n) is 3.68. The number of nitrogens with zero attached hydrogens (tertiary/aromatic N) is 1. The van der Waals surface area contributed by atoms with Crippen molar-refractivity contribution in [3.63, 3.8) is 0 Å². The van der Waals surface area contributed by atoms with Gasteiger partial charge in [0.25, 0.3) is 5.91 Å². The minimum Gasteiger partial charge on any atom is -0.495 e. The van der Waals surface area contributed by atoms with E-state index in [9.17, 15) is 14.4 Å². The van der Waals surface area contributed by atoms with Crippen LogP contribution in [0.15, 0.2) is 30.3 Å². The molecule has 2 aromatic carbocycles. The molecule has 0 bridgehead atoms. The second-order valence-corrected chi connectivity index (χ2v) is 7.95. The number of carbonyl (C=O) groups is 3. The highest BCUT2D eigenvalue weighted by molar-refractivity contribution is 6.32. The number of hydrogen-bond donors (Lipinski definition) is 2. The van der Waals surface area contributed by atoms with E-state index in [1.807, 2.05) is 0 Å². The van der Waals surface area contributed by atoms with Crippen LogP contribution in [0.4, 0.5) is 10.5 Å². The molecular weight excluding hydrogens is 454 g/mol. The van der Waals surface area contributed by atoms with Gasteiger partial charge in [-0.1, -0.05) is 17.7 Å². The van der Waals surface area contributed by atoms with E-state index < -0.39 is 29.9 Å². The van der Waals surface area contributed by atoms with Crippen molar-refractivity contribution < 1.29 is 33.3 Å². The second kappa shape index (κ2) is 8.70. The number of amides is 4. The number of nitrogens with one attached hydrogen (secondary N) is 2. The standard InChI is InChI=1S/C22H22ClN3O7/c1-22(12-4-5-15-18(8-12)33-7-6-32-15)20(28)26(21(29)25-22)11-19(27)24-14-10-16(30-2)13(23)9-17(14)31-3/h4-5,8-10H,6-7,11H2,1-3H3,(H,24,27)(H,25,29)/t22-/m0/s1. The van der Waals surface area contributed by atoms with Crippen LogP contribution in [0.3, 0.4) is 0 Å². The maximum atomic E-state index is 13.2. The number of benzene rings is 2. The van der Waals surface area contributed by atoms with Gasteiger partial charge in [-0.05, 0) is 24.6 Å². The van der Waals surface area contributed by atoms with E-state index in [4.69, 9.17) is 30.5 Å². The van der Waals surface area contributed by atoms with Crippen LogP contribution in [-0.2, 0) is 15.1 Å². The van der Waals surface area contributed by atoms with Gasteiger partial charge in [-0.25, -0.2) is 4.79 Å². The van der Waals surface area contributed by atoms with Crippen LogP contribution in [0.1, 0.15) is 12.5 Å². The summed E-state index contributed by atoms with van der Waals surface area (Å²) in [4.78, 5) is 39.4. The lowest BCUT2D eigenvalue weighted by molar-refractivity contribution is -0.133. The van der Waals surface area contributed by atoms with Gasteiger partial charge < -0.3 is 29.6 Å². The Bertz CT molecular complexity index is 1140. The Balaban J connectivity index is 1.52. The maximum Gasteiger partial charge on any atom is 0.325 e. The van der Waals surface area contributed by atoms with Crippen LogP contribution in [0.2, 0.25) is 5.02 Å². The number of ether oxygens (including phenoxy) is 4. The quantitative estimate of drug-likeness (QED) is 0.617. The van der Waals surface area contributed by atoms with Gasteiger partial charge in [0.05, 0.1) is 24.9 Å². The van der Waals surface area contributed by atoms with Gasteiger partial charge in [-0.3, -0.25) is 14.5 Å². The molecule has 0 spiro atoms. The number of urea groups is 1. The average molecular weight is 476 g/mol. The van der Waals surface area contributed by atoms with Gasteiger partial charge in [0.15, 0.2) is 11.5 Å². The van der Waals surface area contributed by atoms with Gasteiger partial charge in [-0.15, -0.1) is 0 Å². The third-order valence-electron chi connectivity index (χ3n) is 5.44. The average Bonchev–Trinajstić information content (AvgIpc) is 3.03.